The Hall–Kier alpha value is -2.44. The average Bonchev–Trinajstić information content (AvgIpc) is 2.44. The van der Waals surface area contributed by atoms with Crippen molar-refractivity contribution in [2.24, 2.45) is 0 Å². The lowest BCUT2D eigenvalue weighted by Crippen LogP contribution is -2.42. The molecule has 1 aliphatic rings. The van der Waals surface area contributed by atoms with E-state index in [1.165, 1.54) is 7.11 Å². The van der Waals surface area contributed by atoms with Crippen LogP contribution in [-0.4, -0.2) is 46.9 Å². The molecule has 2 rings (SSSR count). The van der Waals surface area contributed by atoms with Crippen molar-refractivity contribution in [1.29, 1.82) is 0 Å². The summed E-state index contributed by atoms with van der Waals surface area (Å²) in [5.74, 6) is -0.279. The number of amides is 1. The minimum absolute atomic E-state index is 0.116. The lowest BCUT2D eigenvalue weighted by molar-refractivity contribution is -0.143. The first-order valence-corrected chi connectivity index (χ1v) is 6.95. The molecule has 1 heterocycles. The van der Waals surface area contributed by atoms with Gasteiger partial charge in [-0.3, -0.25) is 4.90 Å². The van der Waals surface area contributed by atoms with Gasteiger partial charge in [-0.2, -0.15) is 0 Å². The maximum Gasteiger partial charge on any atom is 0.408 e. The Bertz CT molecular complexity index is 598. The molecule has 0 spiro atoms. The van der Waals surface area contributed by atoms with Crippen LogP contribution in [0.2, 0.25) is 0 Å². The van der Waals surface area contributed by atoms with Crippen molar-refractivity contribution in [3.8, 4) is 11.5 Å². The third-order valence-electron chi connectivity index (χ3n) is 3.50. The van der Waals surface area contributed by atoms with Crippen LogP contribution in [0, 0.1) is 0 Å². The van der Waals surface area contributed by atoms with Gasteiger partial charge < -0.3 is 19.7 Å². The Morgan fingerprint density at radius 2 is 1.95 bits per heavy atom. The van der Waals surface area contributed by atoms with Crippen LogP contribution in [0.4, 0.5) is 4.79 Å². The van der Waals surface area contributed by atoms with Gasteiger partial charge in [-0.15, -0.1) is 0 Å². The number of methoxy groups -OCH3 is 1. The molecule has 0 radical (unpaired) electrons. The summed E-state index contributed by atoms with van der Waals surface area (Å²) in [6.07, 6.45) is -0.932. The molecule has 0 saturated carbocycles. The molecule has 1 aromatic rings. The SMILES string of the molecule is COc1cc2c(cc1OC(C)C)C(C(=O)O)N(C(=O)O)CC2. The van der Waals surface area contributed by atoms with Gasteiger partial charge in [0.2, 0.25) is 0 Å². The van der Waals surface area contributed by atoms with Crippen LogP contribution in [0.3, 0.4) is 0 Å². The van der Waals surface area contributed by atoms with Crippen LogP contribution in [0.15, 0.2) is 12.1 Å². The fourth-order valence-corrected chi connectivity index (χ4v) is 2.60. The highest BCUT2D eigenvalue weighted by atomic mass is 16.5. The van der Waals surface area contributed by atoms with Gasteiger partial charge in [0.1, 0.15) is 0 Å². The maximum absolute atomic E-state index is 11.5. The number of carbonyl (C=O) groups is 2. The summed E-state index contributed by atoms with van der Waals surface area (Å²) in [7, 11) is 1.51. The van der Waals surface area contributed by atoms with Crippen molar-refractivity contribution in [2.45, 2.75) is 32.4 Å². The van der Waals surface area contributed by atoms with Crippen LogP contribution in [0.25, 0.3) is 0 Å². The van der Waals surface area contributed by atoms with Crippen molar-refractivity contribution < 1.29 is 29.3 Å². The lowest BCUT2D eigenvalue weighted by Gasteiger charge is -2.33. The van der Waals surface area contributed by atoms with E-state index in [0.29, 0.717) is 23.5 Å². The zero-order chi connectivity index (χ0) is 16.4. The molecular formula is C15H19NO6. The summed E-state index contributed by atoms with van der Waals surface area (Å²) in [6.45, 7) is 3.82. The second-order valence-corrected chi connectivity index (χ2v) is 5.34. The van der Waals surface area contributed by atoms with Crippen LogP contribution in [-0.2, 0) is 11.2 Å². The van der Waals surface area contributed by atoms with Gasteiger partial charge in [-0.25, -0.2) is 9.59 Å². The quantitative estimate of drug-likeness (QED) is 0.884. The van der Waals surface area contributed by atoms with Gasteiger partial charge in [0.15, 0.2) is 17.5 Å². The number of hydrogen-bond donors (Lipinski definition) is 2. The Balaban J connectivity index is 2.54. The Morgan fingerprint density at radius 1 is 1.27 bits per heavy atom. The number of benzene rings is 1. The molecule has 22 heavy (non-hydrogen) atoms. The molecule has 1 unspecified atom stereocenters. The third-order valence-corrected chi connectivity index (χ3v) is 3.50. The van der Waals surface area contributed by atoms with E-state index in [1.54, 1.807) is 12.1 Å². The van der Waals surface area contributed by atoms with Crippen LogP contribution >= 0.6 is 0 Å². The van der Waals surface area contributed by atoms with Crippen molar-refractivity contribution in [3.63, 3.8) is 0 Å². The number of nitrogens with zero attached hydrogens (tertiary/aromatic N) is 1. The standard InChI is InChI=1S/C15H19NO6/c1-8(2)22-12-7-10-9(6-11(12)21-3)4-5-16(15(19)20)13(10)14(17)18/h6-8,13H,4-5H2,1-3H3,(H,17,18)(H,19,20). The van der Waals surface area contributed by atoms with Crippen molar-refractivity contribution in [2.75, 3.05) is 13.7 Å². The van der Waals surface area contributed by atoms with Crippen LogP contribution < -0.4 is 9.47 Å². The monoisotopic (exact) mass is 309 g/mol. The molecule has 7 heteroatoms. The third kappa shape index (κ3) is 2.93. The molecule has 1 aliphatic heterocycles. The first-order chi connectivity index (χ1) is 10.3. The fourth-order valence-electron chi connectivity index (χ4n) is 2.60. The predicted molar refractivity (Wildman–Crippen MR) is 77.6 cm³/mol. The van der Waals surface area contributed by atoms with E-state index in [-0.39, 0.29) is 12.6 Å². The Morgan fingerprint density at radius 3 is 2.45 bits per heavy atom. The fraction of sp³-hybridized carbons (Fsp3) is 0.467. The normalized spacial score (nSPS) is 17.1. The van der Waals surface area contributed by atoms with E-state index in [1.807, 2.05) is 13.8 Å². The zero-order valence-electron chi connectivity index (χ0n) is 12.7. The van der Waals surface area contributed by atoms with Crippen molar-refractivity contribution >= 4 is 12.1 Å². The van der Waals surface area contributed by atoms with Gasteiger partial charge in [0.25, 0.3) is 0 Å². The van der Waals surface area contributed by atoms with Gasteiger partial charge in [-0.05, 0) is 43.5 Å². The summed E-state index contributed by atoms with van der Waals surface area (Å²) in [5, 5.41) is 18.6. The van der Waals surface area contributed by atoms with E-state index in [9.17, 15) is 19.8 Å². The van der Waals surface area contributed by atoms with Crippen molar-refractivity contribution in [1.82, 2.24) is 4.90 Å². The highest BCUT2D eigenvalue weighted by molar-refractivity contribution is 5.82. The predicted octanol–water partition coefficient (Wildman–Crippen LogP) is 2.14. The number of hydrogen-bond acceptors (Lipinski definition) is 4. The van der Waals surface area contributed by atoms with Gasteiger partial charge in [-0.1, -0.05) is 0 Å². The van der Waals surface area contributed by atoms with Gasteiger partial charge in [0, 0.05) is 6.54 Å². The molecule has 0 bridgehead atoms. The highest BCUT2D eigenvalue weighted by Crippen LogP contribution is 2.38. The van der Waals surface area contributed by atoms with E-state index in [0.717, 1.165) is 10.5 Å². The Kier molecular flexibility index (Phi) is 4.44. The van der Waals surface area contributed by atoms with Gasteiger partial charge >= 0.3 is 12.1 Å². The number of fused-ring (bicyclic) bond motifs is 1. The number of rotatable bonds is 4. The molecule has 7 nitrogen and oxygen atoms in total. The largest absolute Gasteiger partial charge is 0.493 e. The second-order valence-electron chi connectivity index (χ2n) is 5.34. The summed E-state index contributed by atoms with van der Waals surface area (Å²) in [5.41, 5.74) is 1.19. The molecule has 0 saturated heterocycles. The molecule has 0 aromatic heterocycles. The molecule has 120 valence electrons. The molecule has 1 amide bonds. The molecule has 0 aliphatic carbocycles. The first kappa shape index (κ1) is 15.9. The van der Waals surface area contributed by atoms with E-state index >= 15 is 0 Å². The molecule has 1 atom stereocenters. The minimum Gasteiger partial charge on any atom is -0.493 e. The molecule has 2 N–H and O–H groups in total. The topological polar surface area (TPSA) is 96.3 Å². The number of carboxylic acid groups (broad SMARTS) is 2. The summed E-state index contributed by atoms with van der Waals surface area (Å²) in [4.78, 5) is 23.7. The van der Waals surface area contributed by atoms with Crippen molar-refractivity contribution in [3.05, 3.63) is 23.3 Å². The number of ether oxygens (including phenoxy) is 2. The summed E-state index contributed by atoms with van der Waals surface area (Å²) in [6, 6.07) is 2.06. The van der Waals surface area contributed by atoms with Gasteiger partial charge in [0.05, 0.1) is 13.2 Å². The molecular weight excluding hydrogens is 290 g/mol. The summed E-state index contributed by atoms with van der Waals surface area (Å²) >= 11 is 0. The molecule has 0 fully saturated rings. The smallest absolute Gasteiger partial charge is 0.408 e. The lowest BCUT2D eigenvalue weighted by atomic mass is 9.92. The zero-order valence-corrected chi connectivity index (χ0v) is 12.7. The highest BCUT2D eigenvalue weighted by Gasteiger charge is 2.37. The number of carboxylic acids is 1. The molecule has 1 aromatic carbocycles. The Labute approximate surface area is 128 Å². The maximum atomic E-state index is 11.5. The van der Waals surface area contributed by atoms with E-state index in [2.05, 4.69) is 0 Å². The van der Waals surface area contributed by atoms with Crippen LogP contribution in [0.1, 0.15) is 31.0 Å². The van der Waals surface area contributed by atoms with E-state index in [4.69, 9.17) is 9.47 Å². The minimum atomic E-state index is -1.25. The number of aliphatic carboxylic acids is 1. The van der Waals surface area contributed by atoms with Crippen LogP contribution in [0.5, 0.6) is 11.5 Å². The second kappa shape index (κ2) is 6.13. The average molecular weight is 309 g/mol. The summed E-state index contributed by atoms with van der Waals surface area (Å²) < 4.78 is 10.9. The first-order valence-electron chi connectivity index (χ1n) is 6.95. The van der Waals surface area contributed by atoms with E-state index < -0.39 is 18.1 Å².